The molecule has 3 atom stereocenters. The highest BCUT2D eigenvalue weighted by molar-refractivity contribution is 7.93. The van der Waals surface area contributed by atoms with Crippen LogP contribution in [0.25, 0.3) is 22.0 Å². The van der Waals surface area contributed by atoms with Crippen LogP contribution in [-0.4, -0.2) is 69.0 Å². The van der Waals surface area contributed by atoms with Crippen LogP contribution >= 0.6 is 0 Å². The maximum absolute atomic E-state index is 16.0. The number of benzene rings is 2. The number of aryl methyl sites for hydroxylation is 1. The average molecular weight is 990 g/mol. The van der Waals surface area contributed by atoms with Gasteiger partial charge in [-0.2, -0.15) is 32.1 Å². The van der Waals surface area contributed by atoms with Crippen molar-refractivity contribution in [3.63, 3.8) is 0 Å². The highest BCUT2D eigenvalue weighted by Gasteiger charge is 2.68. The fourth-order valence-electron chi connectivity index (χ4n) is 9.13. The van der Waals surface area contributed by atoms with Crippen LogP contribution in [0.3, 0.4) is 0 Å². The number of fused-ring (bicyclic) bond motifs is 4. The van der Waals surface area contributed by atoms with Gasteiger partial charge in [0.25, 0.3) is 12.3 Å². The second-order valence-corrected chi connectivity index (χ2v) is 23.1. The third-order valence-corrected chi connectivity index (χ3v) is 17.8. The number of carbonyl (C=O) groups excluding carboxylic acids is 1. The number of hydrogen-bond donors (Lipinski definition) is 2. The Morgan fingerprint density at radius 1 is 0.896 bits per heavy atom. The smallest absolute Gasteiger partial charge is 0.346 e. The zero-order valence-corrected chi connectivity index (χ0v) is 37.1. The molecule has 0 aliphatic heterocycles. The summed E-state index contributed by atoms with van der Waals surface area (Å²) in [5.41, 5.74) is -4.17. The molecule has 4 aliphatic rings. The van der Waals surface area contributed by atoms with Crippen molar-refractivity contribution in [2.24, 2.45) is 5.92 Å². The van der Waals surface area contributed by atoms with E-state index in [0.717, 1.165) is 24.3 Å². The van der Waals surface area contributed by atoms with Crippen molar-refractivity contribution >= 4 is 42.5 Å². The van der Waals surface area contributed by atoms with E-state index in [1.807, 2.05) is 0 Å². The maximum atomic E-state index is 16.0. The van der Waals surface area contributed by atoms with Crippen LogP contribution in [0.15, 0.2) is 42.5 Å². The van der Waals surface area contributed by atoms with Crippen LogP contribution in [0.4, 0.5) is 49.7 Å². The first-order valence-corrected chi connectivity index (χ1v) is 24.4. The fraction of sp³-hybridized carbons (Fsp3) is 0.488. The second-order valence-electron chi connectivity index (χ2n) is 18.3. The van der Waals surface area contributed by atoms with Gasteiger partial charge in [-0.3, -0.25) is 23.9 Å². The number of halogens is 10. The van der Waals surface area contributed by atoms with Gasteiger partial charge in [-0.1, -0.05) is 6.07 Å². The number of amides is 1. The highest BCUT2D eigenvalue weighted by atomic mass is 32.2. The summed E-state index contributed by atoms with van der Waals surface area (Å²) in [6, 6.07) is 5.55. The van der Waals surface area contributed by atoms with E-state index in [2.05, 4.69) is 20.2 Å². The summed E-state index contributed by atoms with van der Waals surface area (Å²) in [7, 11) is -7.79. The van der Waals surface area contributed by atoms with Gasteiger partial charge < -0.3 is 5.32 Å². The quantitative estimate of drug-likeness (QED) is 0.0879. The summed E-state index contributed by atoms with van der Waals surface area (Å²) >= 11 is 0. The molecule has 3 aromatic heterocycles. The van der Waals surface area contributed by atoms with Gasteiger partial charge >= 0.3 is 6.18 Å². The standard InChI is InChI=1S/C43H41F10N7O5S2/c1-41(2,66(62,63)24-4-5-24)12-11-23-3-8-26(27-9-10-30(46)35-37(27)59(18-32(47)48)57-40(35)58-67(64,65)25-6-7-25)36(54-23)31(15-20-13-21(44)16-22(45)14-20)55-33(61)19-60-39-34(38(56-60)43(51,52)53)28-17-29(28)42(39,49)50/h3,8-10,13-14,16,24-25,28-29,31-32H,4-7,11-12,15,17-19H2,1-2H3,(H,55,61)(H,57,58)/t28-,29?,31-/m0/s1. The molecule has 2 N–H and O–H groups in total. The van der Waals surface area contributed by atoms with E-state index < -0.39 is 143 Å². The lowest BCUT2D eigenvalue weighted by Gasteiger charge is -2.26. The van der Waals surface area contributed by atoms with Gasteiger partial charge in [0, 0.05) is 34.4 Å². The van der Waals surface area contributed by atoms with E-state index >= 15 is 13.2 Å². The zero-order valence-electron chi connectivity index (χ0n) is 35.5. The molecule has 0 radical (unpaired) electrons. The van der Waals surface area contributed by atoms with Crippen molar-refractivity contribution in [3.05, 3.63) is 93.8 Å². The predicted octanol–water partition coefficient (Wildman–Crippen LogP) is 8.50. The van der Waals surface area contributed by atoms with Gasteiger partial charge in [0.2, 0.25) is 15.9 Å². The minimum Gasteiger partial charge on any atom is -0.346 e. The highest BCUT2D eigenvalue weighted by Crippen LogP contribution is 2.68. The molecule has 1 amide bonds. The molecule has 3 saturated carbocycles. The maximum Gasteiger partial charge on any atom is 0.435 e. The number of sulfone groups is 1. The third kappa shape index (κ3) is 8.75. The van der Waals surface area contributed by atoms with Gasteiger partial charge in [-0.05, 0) is 107 Å². The summed E-state index contributed by atoms with van der Waals surface area (Å²) in [5.74, 6) is -11.4. The molecule has 0 spiro atoms. The number of alkyl halides is 7. The molecule has 0 saturated heterocycles. The Kier molecular flexibility index (Phi) is 11.3. The monoisotopic (exact) mass is 989 g/mol. The first kappa shape index (κ1) is 46.8. The van der Waals surface area contributed by atoms with Crippen LogP contribution in [0.2, 0.25) is 0 Å². The first-order chi connectivity index (χ1) is 31.3. The van der Waals surface area contributed by atoms with Gasteiger partial charge in [-0.15, -0.1) is 0 Å². The van der Waals surface area contributed by atoms with Crippen LogP contribution in [0.5, 0.6) is 0 Å². The van der Waals surface area contributed by atoms with E-state index in [-0.39, 0.29) is 70.4 Å². The lowest BCUT2D eigenvalue weighted by Crippen LogP contribution is -2.36. The zero-order chi connectivity index (χ0) is 48.3. The van der Waals surface area contributed by atoms with Crippen molar-refractivity contribution in [1.29, 1.82) is 0 Å². The number of nitrogens with zero attached hydrogens (tertiary/aromatic N) is 5. The van der Waals surface area contributed by atoms with Gasteiger partial charge in [-0.25, -0.2) is 38.8 Å². The third-order valence-electron chi connectivity index (χ3n) is 12.9. The molecule has 1 unspecified atom stereocenters. The molecule has 4 aliphatic carbocycles. The molecule has 3 fully saturated rings. The fourth-order valence-corrected chi connectivity index (χ4v) is 12.5. The van der Waals surface area contributed by atoms with Gasteiger partial charge in [0.05, 0.1) is 37.9 Å². The van der Waals surface area contributed by atoms with Crippen LogP contribution < -0.4 is 10.0 Å². The molecule has 24 heteroatoms. The van der Waals surface area contributed by atoms with Crippen molar-refractivity contribution < 1.29 is 65.5 Å². The lowest BCUT2D eigenvalue weighted by atomic mass is 9.93. The predicted molar refractivity (Wildman–Crippen MR) is 222 cm³/mol. The SMILES string of the molecule is CC(C)(CCc1ccc(-c2ccc(F)c3c(NS(=O)(=O)C4CC4)nn(CC(F)F)c23)c([C@H](Cc2cc(F)cc(F)c2)NC(=O)Cn2nc(C(F)(F)F)c3c2C(F)(F)C2C[C@H]32)n1)S(=O)(=O)C1CC1. The Hall–Kier alpha value is -5.26. The topological polar surface area (TPSA) is 158 Å². The lowest BCUT2D eigenvalue weighted by molar-refractivity contribution is -0.142. The van der Waals surface area contributed by atoms with E-state index in [0.29, 0.717) is 23.6 Å². The number of rotatable bonds is 17. The van der Waals surface area contributed by atoms with E-state index in [4.69, 9.17) is 4.98 Å². The molecule has 0 bridgehead atoms. The van der Waals surface area contributed by atoms with Crippen molar-refractivity contribution in [2.45, 2.75) is 124 Å². The number of pyridine rings is 1. The van der Waals surface area contributed by atoms with Crippen molar-refractivity contribution in [1.82, 2.24) is 29.9 Å². The van der Waals surface area contributed by atoms with Crippen LogP contribution in [-0.2, 0) is 62.7 Å². The molecule has 3 heterocycles. The van der Waals surface area contributed by atoms with E-state index in [1.54, 1.807) is 0 Å². The Balaban J connectivity index is 1.19. The summed E-state index contributed by atoms with van der Waals surface area (Å²) in [6.45, 7) is 0.674. The van der Waals surface area contributed by atoms with Crippen molar-refractivity contribution in [2.75, 3.05) is 4.72 Å². The summed E-state index contributed by atoms with van der Waals surface area (Å²) in [5, 5.41) is 8.07. The first-order valence-electron chi connectivity index (χ1n) is 21.3. The molecular weight excluding hydrogens is 949 g/mol. The summed E-state index contributed by atoms with van der Waals surface area (Å²) in [4.78, 5) is 18.9. The summed E-state index contributed by atoms with van der Waals surface area (Å²) < 4.78 is 202. The number of hydrogen-bond acceptors (Lipinski definition) is 8. The second kappa shape index (κ2) is 16.2. The molecule has 9 rings (SSSR count). The largest absolute Gasteiger partial charge is 0.435 e. The van der Waals surface area contributed by atoms with E-state index in [1.165, 1.54) is 26.0 Å². The molecule has 67 heavy (non-hydrogen) atoms. The molecule has 5 aromatic rings. The minimum absolute atomic E-state index is 0.00164. The number of sulfonamides is 1. The average Bonchev–Trinajstić information content (AvgIpc) is 4.11. The number of carbonyl (C=O) groups is 1. The molecular formula is C43H41F10N7O5S2. The summed E-state index contributed by atoms with van der Waals surface area (Å²) in [6.07, 6.45) is -7.59. The Morgan fingerprint density at radius 3 is 2.18 bits per heavy atom. The van der Waals surface area contributed by atoms with Gasteiger partial charge in [0.15, 0.2) is 21.3 Å². The van der Waals surface area contributed by atoms with Crippen LogP contribution in [0, 0.1) is 23.4 Å². The Bertz CT molecular complexity index is 3040. The van der Waals surface area contributed by atoms with Gasteiger partial charge in [0.1, 0.15) is 36.2 Å². The molecule has 360 valence electrons. The molecule has 2 aromatic carbocycles. The number of aromatic nitrogens is 5. The van der Waals surface area contributed by atoms with E-state index in [9.17, 15) is 52.4 Å². The number of anilines is 1. The van der Waals surface area contributed by atoms with Crippen molar-refractivity contribution in [3.8, 4) is 11.1 Å². The Labute approximate surface area is 376 Å². The Morgan fingerprint density at radius 2 is 1.55 bits per heavy atom. The van der Waals surface area contributed by atoms with Crippen LogP contribution in [0.1, 0.15) is 98.2 Å². The normalized spacial score (nSPS) is 19.7. The number of nitrogens with one attached hydrogen (secondary N) is 2. The molecule has 12 nitrogen and oxygen atoms in total. The minimum atomic E-state index is -5.16.